The molecule has 6 nitrogen and oxygen atoms in total. The van der Waals surface area contributed by atoms with Crippen LogP contribution < -0.4 is 4.90 Å². The molecule has 2 aliphatic heterocycles. The molecule has 2 saturated heterocycles. The van der Waals surface area contributed by atoms with Crippen molar-refractivity contribution in [3.05, 3.63) is 10.6 Å². The summed E-state index contributed by atoms with van der Waals surface area (Å²) >= 11 is 5.52. The van der Waals surface area contributed by atoms with Crippen molar-refractivity contribution in [2.24, 2.45) is 18.9 Å². The number of piperidine rings is 1. The van der Waals surface area contributed by atoms with Gasteiger partial charge in [-0.2, -0.15) is 9.78 Å². The van der Waals surface area contributed by atoms with Gasteiger partial charge in [0.25, 0.3) is 0 Å². The highest BCUT2D eigenvalue weighted by Crippen LogP contribution is 2.22. The van der Waals surface area contributed by atoms with E-state index < -0.39 is 9.84 Å². The van der Waals surface area contributed by atoms with E-state index in [-0.39, 0.29) is 5.92 Å². The van der Waals surface area contributed by atoms with Gasteiger partial charge in [0, 0.05) is 13.5 Å². The van der Waals surface area contributed by atoms with Gasteiger partial charge in [-0.05, 0) is 43.3 Å². The van der Waals surface area contributed by atoms with Crippen molar-refractivity contribution in [3.8, 4) is 0 Å². The molecule has 3 heterocycles. The molecule has 0 aromatic carbocycles. The van der Waals surface area contributed by atoms with Crippen molar-refractivity contribution < 1.29 is 13.3 Å². The van der Waals surface area contributed by atoms with E-state index in [1.165, 1.54) is 30.8 Å². The van der Waals surface area contributed by atoms with Gasteiger partial charge in [0.1, 0.15) is 5.82 Å². The summed E-state index contributed by atoms with van der Waals surface area (Å²) in [7, 11) is -0.891. The van der Waals surface area contributed by atoms with Crippen LogP contribution in [0.3, 0.4) is 0 Å². The molecule has 130 valence electrons. The van der Waals surface area contributed by atoms with Crippen LogP contribution in [0.1, 0.15) is 32.0 Å². The van der Waals surface area contributed by atoms with Gasteiger partial charge in [0.2, 0.25) is 4.77 Å². The number of aromatic nitrogens is 3. The van der Waals surface area contributed by atoms with Gasteiger partial charge in [0.15, 0.2) is 16.5 Å². The molecule has 0 amide bonds. The van der Waals surface area contributed by atoms with Gasteiger partial charge in [-0.15, -0.1) is 0 Å². The van der Waals surface area contributed by atoms with Crippen molar-refractivity contribution in [2.75, 3.05) is 24.6 Å². The molecule has 0 saturated carbocycles. The molecule has 1 N–H and O–H groups in total. The second-order valence-electron chi connectivity index (χ2n) is 7.32. The molecule has 0 spiro atoms. The van der Waals surface area contributed by atoms with Gasteiger partial charge < -0.3 is 9.47 Å². The number of rotatable bonds is 4. The Morgan fingerprint density at radius 3 is 2.61 bits per heavy atom. The standard InChI is InChI=1S/C15H26N4O2S2/c1-12-3-6-18(7-4-12)11-19-15(22)17(2)14(16-19)9-13-5-8-23(20,21)10-13/h12-13H,3-11H2,1-2H3/p+1/t13-/m1/s1. The van der Waals surface area contributed by atoms with Gasteiger partial charge in [0.05, 0.1) is 24.6 Å². The van der Waals surface area contributed by atoms with Crippen LogP contribution in [-0.2, 0) is 30.0 Å². The molecule has 1 atom stereocenters. The minimum atomic E-state index is -2.83. The highest BCUT2D eigenvalue weighted by molar-refractivity contribution is 7.91. The fourth-order valence-electron chi connectivity index (χ4n) is 3.64. The van der Waals surface area contributed by atoms with Crippen molar-refractivity contribution >= 4 is 22.1 Å². The monoisotopic (exact) mass is 359 g/mol. The molecule has 1 aromatic rings. The minimum Gasteiger partial charge on any atom is -0.316 e. The fourth-order valence-corrected chi connectivity index (χ4v) is 5.72. The number of hydrogen-bond acceptors (Lipinski definition) is 4. The van der Waals surface area contributed by atoms with Crippen molar-refractivity contribution in [1.82, 2.24) is 14.3 Å². The predicted octanol–water partition coefficient (Wildman–Crippen LogP) is 0.201. The van der Waals surface area contributed by atoms with E-state index in [2.05, 4.69) is 6.92 Å². The molecule has 1 aromatic heterocycles. The number of quaternary nitrogens is 1. The van der Waals surface area contributed by atoms with Crippen LogP contribution in [0.5, 0.6) is 0 Å². The van der Waals surface area contributed by atoms with Crippen LogP contribution in [0.4, 0.5) is 0 Å². The Hall–Kier alpha value is -0.730. The Bertz CT molecular complexity index is 714. The van der Waals surface area contributed by atoms with Gasteiger partial charge in [-0.25, -0.2) is 8.42 Å². The zero-order chi connectivity index (χ0) is 16.6. The van der Waals surface area contributed by atoms with Gasteiger partial charge in [-0.3, -0.25) is 0 Å². The summed E-state index contributed by atoms with van der Waals surface area (Å²) in [6.07, 6.45) is 3.99. The normalized spacial score (nSPS) is 30.6. The number of nitrogens with zero attached hydrogens (tertiary/aromatic N) is 3. The third kappa shape index (κ3) is 4.03. The molecule has 23 heavy (non-hydrogen) atoms. The van der Waals surface area contributed by atoms with Crippen LogP contribution in [0, 0.1) is 16.6 Å². The lowest BCUT2D eigenvalue weighted by molar-refractivity contribution is -0.929. The number of likely N-dealkylation sites (tertiary alicyclic amines) is 1. The van der Waals surface area contributed by atoms with Crippen molar-refractivity contribution in [1.29, 1.82) is 0 Å². The maximum absolute atomic E-state index is 11.6. The van der Waals surface area contributed by atoms with E-state index >= 15 is 0 Å². The van der Waals surface area contributed by atoms with E-state index in [0.29, 0.717) is 17.9 Å². The van der Waals surface area contributed by atoms with E-state index in [4.69, 9.17) is 17.3 Å². The highest BCUT2D eigenvalue weighted by atomic mass is 32.2. The first-order chi connectivity index (χ1) is 10.8. The highest BCUT2D eigenvalue weighted by Gasteiger charge is 2.29. The van der Waals surface area contributed by atoms with Crippen molar-refractivity contribution in [3.63, 3.8) is 0 Å². The zero-order valence-corrected chi connectivity index (χ0v) is 15.6. The lowest BCUT2D eigenvalue weighted by atomic mass is 10.00. The molecule has 0 aliphatic carbocycles. The third-order valence-corrected chi connectivity index (χ3v) is 7.61. The Labute approximate surface area is 143 Å². The number of nitrogens with one attached hydrogen (secondary N) is 1. The summed E-state index contributed by atoms with van der Waals surface area (Å²) in [6, 6.07) is 0. The molecule has 0 bridgehead atoms. The predicted molar refractivity (Wildman–Crippen MR) is 91.6 cm³/mol. The van der Waals surface area contributed by atoms with Gasteiger partial charge in [-0.1, -0.05) is 6.92 Å². The lowest BCUT2D eigenvalue weighted by Crippen LogP contribution is -3.12. The molecular formula is C15H27N4O2S2+. The average molecular weight is 360 g/mol. The van der Waals surface area contributed by atoms with E-state index in [0.717, 1.165) is 29.6 Å². The molecule has 0 unspecified atom stereocenters. The Morgan fingerprint density at radius 1 is 1.30 bits per heavy atom. The van der Waals surface area contributed by atoms with E-state index in [1.807, 2.05) is 16.3 Å². The first kappa shape index (κ1) is 17.1. The topological polar surface area (TPSA) is 61.3 Å². The second-order valence-corrected chi connectivity index (χ2v) is 9.92. The summed E-state index contributed by atoms with van der Waals surface area (Å²) in [6.45, 7) is 5.49. The van der Waals surface area contributed by atoms with Crippen LogP contribution in [0.15, 0.2) is 0 Å². The molecule has 3 rings (SSSR count). The quantitative estimate of drug-likeness (QED) is 0.780. The first-order valence-corrected chi connectivity index (χ1v) is 10.7. The molecule has 0 radical (unpaired) electrons. The summed E-state index contributed by atoms with van der Waals surface area (Å²) in [4.78, 5) is 1.53. The fraction of sp³-hybridized carbons (Fsp3) is 0.867. The summed E-state index contributed by atoms with van der Waals surface area (Å²) in [5, 5.41) is 4.69. The maximum Gasteiger partial charge on any atom is 0.202 e. The SMILES string of the molecule is CC1CC[NH+](Cn2nc(C[C@H]3CCS(=O)(=O)C3)n(C)c2=S)CC1. The van der Waals surface area contributed by atoms with Crippen LogP contribution in [-0.4, -0.2) is 47.4 Å². The Kier molecular flexibility index (Phi) is 4.94. The summed E-state index contributed by atoms with van der Waals surface area (Å²) in [5.74, 6) is 2.55. The smallest absolute Gasteiger partial charge is 0.202 e. The minimum absolute atomic E-state index is 0.187. The Morgan fingerprint density at radius 2 is 2.00 bits per heavy atom. The molecule has 2 fully saturated rings. The van der Waals surface area contributed by atoms with Crippen LogP contribution >= 0.6 is 12.2 Å². The lowest BCUT2D eigenvalue weighted by Gasteiger charge is -2.26. The first-order valence-electron chi connectivity index (χ1n) is 8.51. The Balaban J connectivity index is 1.68. The van der Waals surface area contributed by atoms with Gasteiger partial charge >= 0.3 is 0 Å². The second kappa shape index (κ2) is 6.64. The largest absolute Gasteiger partial charge is 0.316 e. The van der Waals surface area contributed by atoms with Crippen molar-refractivity contribution in [2.45, 2.75) is 39.3 Å². The molecule has 2 aliphatic rings. The third-order valence-electron chi connectivity index (χ3n) is 5.28. The zero-order valence-electron chi connectivity index (χ0n) is 14.0. The molecule has 8 heteroatoms. The summed E-state index contributed by atoms with van der Waals surface area (Å²) in [5.41, 5.74) is 0. The number of sulfone groups is 1. The molecular weight excluding hydrogens is 332 g/mol. The number of hydrogen-bond donors (Lipinski definition) is 1. The summed E-state index contributed by atoms with van der Waals surface area (Å²) < 4.78 is 27.9. The maximum atomic E-state index is 11.6. The average Bonchev–Trinajstić information content (AvgIpc) is 2.96. The van der Waals surface area contributed by atoms with Crippen LogP contribution in [0.2, 0.25) is 0 Å². The van der Waals surface area contributed by atoms with E-state index in [1.54, 1.807) is 0 Å². The van der Waals surface area contributed by atoms with E-state index in [9.17, 15) is 8.42 Å². The van der Waals surface area contributed by atoms with Crippen LogP contribution in [0.25, 0.3) is 0 Å².